The zero-order valence-electron chi connectivity index (χ0n) is 12.5. The molecule has 21 heavy (non-hydrogen) atoms. The molecule has 2 nitrogen and oxygen atoms in total. The van der Waals surface area contributed by atoms with Gasteiger partial charge >= 0.3 is 0 Å². The zero-order valence-corrected chi connectivity index (χ0v) is 12.5. The van der Waals surface area contributed by atoms with Crippen LogP contribution >= 0.6 is 0 Å². The molecule has 0 aliphatic heterocycles. The summed E-state index contributed by atoms with van der Waals surface area (Å²) < 4.78 is 0. The predicted molar refractivity (Wildman–Crippen MR) is 92.4 cm³/mol. The fourth-order valence-corrected chi connectivity index (χ4v) is 1.87. The van der Waals surface area contributed by atoms with Crippen LogP contribution in [-0.2, 0) is 0 Å². The second-order valence-corrected chi connectivity index (χ2v) is 4.77. The number of aryl methyl sites for hydroxylation is 2. The van der Waals surface area contributed by atoms with E-state index in [2.05, 4.69) is 42.4 Å². The van der Waals surface area contributed by atoms with Gasteiger partial charge in [-0.1, -0.05) is 42.5 Å². The zero-order chi connectivity index (χ0) is 14.9. The van der Waals surface area contributed by atoms with Crippen molar-refractivity contribution in [2.24, 2.45) is 4.99 Å². The van der Waals surface area contributed by atoms with Crippen LogP contribution in [0.2, 0.25) is 0 Å². The number of anilines is 1. The number of rotatable bonds is 5. The highest BCUT2D eigenvalue weighted by Gasteiger charge is 1.91. The van der Waals surface area contributed by atoms with Crippen molar-refractivity contribution in [3.63, 3.8) is 0 Å². The molecule has 0 radical (unpaired) electrons. The van der Waals surface area contributed by atoms with Crippen LogP contribution in [0.3, 0.4) is 0 Å². The molecule has 0 aliphatic rings. The van der Waals surface area contributed by atoms with E-state index >= 15 is 0 Å². The van der Waals surface area contributed by atoms with Crippen molar-refractivity contribution in [3.05, 3.63) is 84.1 Å². The summed E-state index contributed by atoms with van der Waals surface area (Å²) in [5, 5.41) is 3.25. The third-order valence-corrected chi connectivity index (χ3v) is 3.12. The quantitative estimate of drug-likeness (QED) is 0.590. The molecule has 0 amide bonds. The SMILES string of the molecule is Cc1ccccc1N=CC=CC=CNc1ccccc1C. The smallest absolute Gasteiger partial charge is 0.0658 e. The number of aliphatic imine (C=N–C) groups is 1. The molecule has 0 saturated heterocycles. The van der Waals surface area contributed by atoms with Crippen molar-refractivity contribution in [2.75, 3.05) is 5.32 Å². The molecule has 2 heteroatoms. The number of para-hydroxylation sites is 2. The van der Waals surface area contributed by atoms with Crippen molar-refractivity contribution in [1.29, 1.82) is 0 Å². The van der Waals surface area contributed by atoms with Gasteiger partial charge in [-0.15, -0.1) is 0 Å². The Morgan fingerprint density at radius 2 is 1.52 bits per heavy atom. The van der Waals surface area contributed by atoms with Gasteiger partial charge in [-0.05, 0) is 49.3 Å². The maximum Gasteiger partial charge on any atom is 0.0658 e. The van der Waals surface area contributed by atoms with Gasteiger partial charge < -0.3 is 5.32 Å². The maximum absolute atomic E-state index is 4.41. The minimum atomic E-state index is 1.00. The molecule has 1 N–H and O–H groups in total. The maximum atomic E-state index is 4.41. The number of nitrogens with zero attached hydrogens (tertiary/aromatic N) is 1. The van der Waals surface area contributed by atoms with Gasteiger partial charge in [-0.2, -0.15) is 0 Å². The molecule has 2 rings (SSSR count). The largest absolute Gasteiger partial charge is 0.361 e. The lowest BCUT2D eigenvalue weighted by atomic mass is 10.2. The molecular formula is C19H20N2. The standard InChI is InChI=1S/C19H20N2/c1-16-10-4-6-12-18(16)20-14-8-3-9-15-21-19-13-7-5-11-17(19)2/h3-15,20H,1-2H3. The predicted octanol–water partition coefficient (Wildman–Crippen LogP) is 5.19. The average molecular weight is 276 g/mol. The molecule has 2 aromatic carbocycles. The van der Waals surface area contributed by atoms with E-state index in [-0.39, 0.29) is 0 Å². The van der Waals surface area contributed by atoms with Crippen LogP contribution < -0.4 is 5.32 Å². The summed E-state index contributed by atoms with van der Waals surface area (Å²) >= 11 is 0. The highest BCUT2D eigenvalue weighted by atomic mass is 14.8. The first-order chi connectivity index (χ1) is 10.3. The number of benzene rings is 2. The summed E-state index contributed by atoms with van der Waals surface area (Å²) in [5.74, 6) is 0. The van der Waals surface area contributed by atoms with Gasteiger partial charge in [0.2, 0.25) is 0 Å². The minimum absolute atomic E-state index is 1.00. The van der Waals surface area contributed by atoms with Crippen molar-refractivity contribution in [2.45, 2.75) is 13.8 Å². The molecular weight excluding hydrogens is 256 g/mol. The third kappa shape index (κ3) is 4.77. The Balaban J connectivity index is 1.84. The van der Waals surface area contributed by atoms with E-state index in [1.54, 1.807) is 6.21 Å². The van der Waals surface area contributed by atoms with E-state index in [1.165, 1.54) is 11.1 Å². The van der Waals surface area contributed by atoms with Gasteiger partial charge in [0.1, 0.15) is 0 Å². The molecule has 0 heterocycles. The lowest BCUT2D eigenvalue weighted by molar-refractivity contribution is 1.41. The molecule has 0 aliphatic carbocycles. The normalized spacial score (nSPS) is 11.7. The van der Waals surface area contributed by atoms with E-state index in [0.29, 0.717) is 0 Å². The third-order valence-electron chi connectivity index (χ3n) is 3.12. The molecule has 106 valence electrons. The fraction of sp³-hybridized carbons (Fsp3) is 0.105. The Bertz CT molecular complexity index is 667. The molecule has 0 spiro atoms. The van der Waals surface area contributed by atoms with Crippen LogP contribution in [0, 0.1) is 13.8 Å². The van der Waals surface area contributed by atoms with Gasteiger partial charge in [-0.3, -0.25) is 4.99 Å². The number of nitrogens with one attached hydrogen (secondary N) is 1. The average Bonchev–Trinajstić information content (AvgIpc) is 2.50. The summed E-state index contributed by atoms with van der Waals surface area (Å²) in [6, 6.07) is 16.3. The van der Waals surface area contributed by atoms with Crippen LogP contribution in [0.15, 0.2) is 78.0 Å². The van der Waals surface area contributed by atoms with Crippen molar-refractivity contribution in [1.82, 2.24) is 0 Å². The van der Waals surface area contributed by atoms with Crippen molar-refractivity contribution >= 4 is 17.6 Å². The first-order valence-corrected chi connectivity index (χ1v) is 7.01. The topological polar surface area (TPSA) is 24.4 Å². The summed E-state index contributed by atoms with van der Waals surface area (Å²) in [7, 11) is 0. The number of allylic oxidation sites excluding steroid dienone is 3. The molecule has 0 unspecified atom stereocenters. The van der Waals surface area contributed by atoms with E-state index in [9.17, 15) is 0 Å². The lowest BCUT2D eigenvalue weighted by Crippen LogP contribution is -1.89. The minimum Gasteiger partial charge on any atom is -0.361 e. The van der Waals surface area contributed by atoms with Gasteiger partial charge in [0.25, 0.3) is 0 Å². The number of hydrogen-bond donors (Lipinski definition) is 1. The van der Waals surface area contributed by atoms with Gasteiger partial charge in [0, 0.05) is 18.1 Å². The van der Waals surface area contributed by atoms with Crippen molar-refractivity contribution < 1.29 is 0 Å². The fourth-order valence-electron chi connectivity index (χ4n) is 1.87. The van der Waals surface area contributed by atoms with Crippen LogP contribution in [0.4, 0.5) is 11.4 Å². The molecule has 0 fully saturated rings. The Morgan fingerprint density at radius 3 is 2.29 bits per heavy atom. The summed E-state index contributed by atoms with van der Waals surface area (Å²) in [6.45, 7) is 4.14. The highest BCUT2D eigenvalue weighted by Crippen LogP contribution is 2.16. The molecule has 2 aromatic rings. The molecule has 0 bridgehead atoms. The van der Waals surface area contributed by atoms with Crippen molar-refractivity contribution in [3.8, 4) is 0 Å². The Hall–Kier alpha value is -2.61. The molecule has 0 aromatic heterocycles. The van der Waals surface area contributed by atoms with Crippen LogP contribution in [-0.4, -0.2) is 6.21 Å². The van der Waals surface area contributed by atoms with Gasteiger partial charge in [0.15, 0.2) is 0 Å². The van der Waals surface area contributed by atoms with E-state index in [1.807, 2.05) is 54.8 Å². The first kappa shape index (κ1) is 14.8. The Kier molecular flexibility index (Phi) is 5.53. The van der Waals surface area contributed by atoms with Gasteiger partial charge in [-0.25, -0.2) is 0 Å². The van der Waals surface area contributed by atoms with E-state index < -0.39 is 0 Å². The summed E-state index contributed by atoms with van der Waals surface area (Å²) in [5.41, 5.74) is 4.53. The first-order valence-electron chi connectivity index (χ1n) is 7.01. The van der Waals surface area contributed by atoms with Crippen LogP contribution in [0.5, 0.6) is 0 Å². The lowest BCUT2D eigenvalue weighted by Gasteiger charge is -2.03. The van der Waals surface area contributed by atoms with Gasteiger partial charge in [0.05, 0.1) is 5.69 Å². The van der Waals surface area contributed by atoms with E-state index in [4.69, 9.17) is 0 Å². The monoisotopic (exact) mass is 276 g/mol. The van der Waals surface area contributed by atoms with Crippen LogP contribution in [0.1, 0.15) is 11.1 Å². The number of hydrogen-bond acceptors (Lipinski definition) is 2. The second-order valence-electron chi connectivity index (χ2n) is 4.77. The van der Waals surface area contributed by atoms with E-state index in [0.717, 1.165) is 11.4 Å². The molecule has 0 saturated carbocycles. The van der Waals surface area contributed by atoms with Crippen LogP contribution in [0.25, 0.3) is 0 Å². The second kappa shape index (κ2) is 7.85. The Morgan fingerprint density at radius 1 is 0.810 bits per heavy atom. The highest BCUT2D eigenvalue weighted by molar-refractivity contribution is 5.75. The summed E-state index contributed by atoms with van der Waals surface area (Å²) in [6.07, 6.45) is 9.55. The molecule has 0 atom stereocenters. The summed E-state index contributed by atoms with van der Waals surface area (Å²) in [4.78, 5) is 4.41. The Labute approximate surface area is 126 Å².